The van der Waals surface area contributed by atoms with Gasteiger partial charge >= 0.3 is 0 Å². The van der Waals surface area contributed by atoms with Crippen molar-refractivity contribution in [3.8, 4) is 11.5 Å². The van der Waals surface area contributed by atoms with Crippen LogP contribution in [0.15, 0.2) is 66.7 Å². The molecule has 0 saturated heterocycles. The normalized spacial score (nSPS) is 12.8. The molecule has 0 saturated carbocycles. The van der Waals surface area contributed by atoms with Crippen LogP contribution in [-0.2, 0) is 0 Å². The van der Waals surface area contributed by atoms with E-state index in [2.05, 4.69) is 0 Å². The molecular formula is C21H14N2O5. The number of aryl methyl sites for hydroxylation is 1. The van der Waals surface area contributed by atoms with Gasteiger partial charge in [-0.05, 0) is 37.3 Å². The van der Waals surface area contributed by atoms with E-state index in [1.165, 1.54) is 18.2 Å². The minimum absolute atomic E-state index is 0.0487. The fourth-order valence-corrected chi connectivity index (χ4v) is 3.02. The Balaban J connectivity index is 1.81. The Labute approximate surface area is 159 Å². The number of nitro groups is 1. The molecule has 0 spiro atoms. The number of anilines is 1. The van der Waals surface area contributed by atoms with E-state index in [0.717, 1.165) is 10.5 Å². The van der Waals surface area contributed by atoms with Crippen molar-refractivity contribution < 1.29 is 19.2 Å². The number of hydrogen-bond acceptors (Lipinski definition) is 5. The molecule has 138 valence electrons. The summed E-state index contributed by atoms with van der Waals surface area (Å²) in [6.07, 6.45) is 0. The molecule has 0 radical (unpaired) electrons. The predicted molar refractivity (Wildman–Crippen MR) is 102 cm³/mol. The van der Waals surface area contributed by atoms with E-state index in [0.29, 0.717) is 5.75 Å². The maximum Gasteiger partial charge on any atom is 0.273 e. The van der Waals surface area contributed by atoms with Crippen LogP contribution in [0, 0.1) is 17.0 Å². The first-order valence-electron chi connectivity index (χ1n) is 8.46. The van der Waals surface area contributed by atoms with E-state index in [1.807, 2.05) is 19.1 Å². The van der Waals surface area contributed by atoms with Gasteiger partial charge in [0.1, 0.15) is 5.75 Å². The zero-order valence-corrected chi connectivity index (χ0v) is 14.8. The van der Waals surface area contributed by atoms with Gasteiger partial charge in [-0.15, -0.1) is 0 Å². The number of carbonyl (C=O) groups excluding carboxylic acids is 2. The highest BCUT2D eigenvalue weighted by atomic mass is 16.6. The number of rotatable bonds is 4. The third-order valence-electron chi connectivity index (χ3n) is 4.44. The molecule has 28 heavy (non-hydrogen) atoms. The summed E-state index contributed by atoms with van der Waals surface area (Å²) in [5, 5.41) is 11.2. The molecule has 1 aliphatic rings. The van der Waals surface area contributed by atoms with Gasteiger partial charge in [0.15, 0.2) is 5.75 Å². The summed E-state index contributed by atoms with van der Waals surface area (Å²) in [4.78, 5) is 37.2. The van der Waals surface area contributed by atoms with Crippen LogP contribution in [0.4, 0.5) is 11.4 Å². The van der Waals surface area contributed by atoms with Crippen LogP contribution in [-0.4, -0.2) is 16.7 Å². The Hall–Kier alpha value is -4.00. The topological polar surface area (TPSA) is 89.8 Å². The van der Waals surface area contributed by atoms with Gasteiger partial charge < -0.3 is 4.74 Å². The van der Waals surface area contributed by atoms with Crippen molar-refractivity contribution in [2.24, 2.45) is 0 Å². The molecule has 3 aromatic carbocycles. The molecule has 4 rings (SSSR count). The molecule has 1 aliphatic heterocycles. The Bertz CT molecular complexity index is 1090. The SMILES string of the molecule is Cc1ccc(Oc2cc([N+](=O)[O-])ccc2N2C(=O)c3ccccc3C2=O)cc1. The van der Waals surface area contributed by atoms with E-state index in [9.17, 15) is 19.7 Å². The van der Waals surface area contributed by atoms with Crippen LogP contribution in [0.2, 0.25) is 0 Å². The summed E-state index contributed by atoms with van der Waals surface area (Å²) in [6, 6.07) is 17.4. The van der Waals surface area contributed by atoms with E-state index in [1.54, 1.807) is 36.4 Å². The van der Waals surface area contributed by atoms with Gasteiger partial charge in [-0.2, -0.15) is 0 Å². The number of benzene rings is 3. The lowest BCUT2D eigenvalue weighted by molar-refractivity contribution is -0.384. The second-order valence-electron chi connectivity index (χ2n) is 6.32. The van der Waals surface area contributed by atoms with Crippen LogP contribution in [0.3, 0.4) is 0 Å². The number of nitrogens with zero attached hydrogens (tertiary/aromatic N) is 2. The van der Waals surface area contributed by atoms with Crippen molar-refractivity contribution in [3.63, 3.8) is 0 Å². The van der Waals surface area contributed by atoms with Gasteiger partial charge in [-0.1, -0.05) is 29.8 Å². The summed E-state index contributed by atoms with van der Waals surface area (Å²) in [6.45, 7) is 1.92. The number of hydrogen-bond donors (Lipinski definition) is 0. The molecule has 0 aliphatic carbocycles. The minimum atomic E-state index is -0.561. The number of fused-ring (bicyclic) bond motifs is 1. The van der Waals surface area contributed by atoms with Crippen molar-refractivity contribution in [1.82, 2.24) is 0 Å². The van der Waals surface area contributed by atoms with Crippen LogP contribution in [0.5, 0.6) is 11.5 Å². The molecule has 2 amide bonds. The molecule has 0 bridgehead atoms. The third kappa shape index (κ3) is 2.88. The highest BCUT2D eigenvalue weighted by Crippen LogP contribution is 2.39. The van der Waals surface area contributed by atoms with E-state index in [4.69, 9.17) is 4.74 Å². The summed E-state index contributed by atoms with van der Waals surface area (Å²) in [5.74, 6) is -0.511. The first-order valence-corrected chi connectivity index (χ1v) is 8.46. The number of imide groups is 1. The van der Waals surface area contributed by atoms with E-state index >= 15 is 0 Å². The molecule has 7 nitrogen and oxygen atoms in total. The second kappa shape index (κ2) is 6.62. The lowest BCUT2D eigenvalue weighted by Crippen LogP contribution is -2.29. The highest BCUT2D eigenvalue weighted by Gasteiger charge is 2.38. The zero-order valence-electron chi connectivity index (χ0n) is 14.8. The fraction of sp³-hybridized carbons (Fsp3) is 0.0476. The van der Waals surface area contributed by atoms with Crippen molar-refractivity contribution in [1.29, 1.82) is 0 Å². The number of carbonyl (C=O) groups is 2. The number of ether oxygens (including phenoxy) is 1. The monoisotopic (exact) mass is 374 g/mol. The van der Waals surface area contributed by atoms with Crippen LogP contribution in [0.1, 0.15) is 26.3 Å². The predicted octanol–water partition coefficient (Wildman–Crippen LogP) is 4.50. The average Bonchev–Trinajstić information content (AvgIpc) is 2.94. The van der Waals surface area contributed by atoms with Gasteiger partial charge in [0.25, 0.3) is 17.5 Å². The number of nitro benzene ring substituents is 1. The summed E-state index contributed by atoms with van der Waals surface area (Å²) in [7, 11) is 0. The van der Waals surface area contributed by atoms with Gasteiger partial charge in [0.05, 0.1) is 27.8 Å². The van der Waals surface area contributed by atoms with Crippen molar-refractivity contribution in [3.05, 3.63) is 93.5 Å². The maximum atomic E-state index is 12.8. The van der Waals surface area contributed by atoms with Crippen LogP contribution in [0.25, 0.3) is 0 Å². The van der Waals surface area contributed by atoms with Crippen LogP contribution >= 0.6 is 0 Å². The molecule has 0 unspecified atom stereocenters. The van der Waals surface area contributed by atoms with Gasteiger partial charge in [-0.25, -0.2) is 4.90 Å². The maximum absolute atomic E-state index is 12.8. The molecule has 3 aromatic rings. The summed E-state index contributed by atoms with van der Waals surface area (Å²) < 4.78 is 5.81. The molecule has 0 atom stereocenters. The molecule has 0 aromatic heterocycles. The second-order valence-corrected chi connectivity index (χ2v) is 6.32. The molecule has 0 N–H and O–H groups in total. The fourth-order valence-electron chi connectivity index (χ4n) is 3.02. The van der Waals surface area contributed by atoms with Gasteiger partial charge in [0, 0.05) is 6.07 Å². The largest absolute Gasteiger partial charge is 0.455 e. The molecule has 0 fully saturated rings. The lowest BCUT2D eigenvalue weighted by atomic mass is 10.1. The quantitative estimate of drug-likeness (QED) is 0.381. The Kier molecular flexibility index (Phi) is 4.12. The van der Waals surface area contributed by atoms with Crippen LogP contribution < -0.4 is 9.64 Å². The van der Waals surface area contributed by atoms with Crippen molar-refractivity contribution in [2.45, 2.75) is 6.92 Å². The first kappa shape index (κ1) is 17.4. The van der Waals surface area contributed by atoms with E-state index < -0.39 is 16.7 Å². The Morgan fingerprint density at radius 2 is 1.50 bits per heavy atom. The van der Waals surface area contributed by atoms with E-state index in [-0.39, 0.29) is 28.3 Å². The molecule has 7 heteroatoms. The zero-order chi connectivity index (χ0) is 19.8. The molecule has 1 heterocycles. The third-order valence-corrected chi connectivity index (χ3v) is 4.44. The molecular weight excluding hydrogens is 360 g/mol. The standard InChI is InChI=1S/C21H14N2O5/c1-13-6-9-15(10-7-13)28-19-12-14(23(26)27)8-11-18(19)22-20(24)16-4-2-3-5-17(16)21(22)25/h2-12H,1H3. The van der Waals surface area contributed by atoms with Gasteiger partial charge in [0.2, 0.25) is 0 Å². The summed E-state index contributed by atoms with van der Waals surface area (Å²) >= 11 is 0. The number of non-ortho nitro benzene ring substituents is 1. The van der Waals surface area contributed by atoms with Crippen molar-refractivity contribution >= 4 is 23.2 Å². The summed E-state index contributed by atoms with van der Waals surface area (Å²) in [5.41, 5.74) is 1.53. The Morgan fingerprint density at radius 3 is 2.07 bits per heavy atom. The number of amides is 2. The Morgan fingerprint density at radius 1 is 0.893 bits per heavy atom. The van der Waals surface area contributed by atoms with Crippen molar-refractivity contribution in [2.75, 3.05) is 4.90 Å². The average molecular weight is 374 g/mol. The smallest absolute Gasteiger partial charge is 0.273 e. The first-order chi connectivity index (χ1) is 13.5. The van der Waals surface area contributed by atoms with Gasteiger partial charge in [-0.3, -0.25) is 19.7 Å². The highest BCUT2D eigenvalue weighted by molar-refractivity contribution is 6.34. The minimum Gasteiger partial charge on any atom is -0.455 e. The lowest BCUT2D eigenvalue weighted by Gasteiger charge is -2.18.